The molecule has 65 heavy (non-hydrogen) atoms. The van der Waals surface area contributed by atoms with E-state index in [0.717, 1.165) is 0 Å². The smallest absolute Gasteiger partial charge is 0.252 e. The average Bonchev–Trinajstić information content (AvgIpc) is 3.98. The predicted octanol–water partition coefficient (Wildman–Crippen LogP) is 15.1. The van der Waals surface area contributed by atoms with Gasteiger partial charge in [-0.2, -0.15) is 0 Å². The lowest BCUT2D eigenvalue weighted by molar-refractivity contribution is 0.590. The normalized spacial score (nSPS) is 14.6. The van der Waals surface area contributed by atoms with Crippen molar-refractivity contribution < 1.29 is 0 Å². The number of benzene rings is 6. The Kier molecular flexibility index (Phi) is 7.99. The van der Waals surface area contributed by atoms with Gasteiger partial charge in [-0.1, -0.05) is 146 Å². The zero-order valence-electron chi connectivity index (χ0n) is 41.1. The van der Waals surface area contributed by atoms with Gasteiger partial charge in [-0.25, -0.2) is 0 Å². The second-order valence-electron chi connectivity index (χ2n) is 24.8. The van der Waals surface area contributed by atoms with Gasteiger partial charge in [0.25, 0.3) is 6.71 Å². The topological polar surface area (TPSA) is 12.6 Å². The zero-order valence-corrected chi connectivity index (χ0v) is 42.0. The summed E-state index contributed by atoms with van der Waals surface area (Å²) in [6.07, 6.45) is 0. The minimum Gasteiger partial charge on any atom is -0.311 e. The largest absolute Gasteiger partial charge is 0.311 e. The van der Waals surface area contributed by atoms with Gasteiger partial charge in [0.05, 0.1) is 33.4 Å². The maximum atomic E-state index is 2.73. The molecule has 0 spiro atoms. The highest BCUT2D eigenvalue weighted by atomic mass is 32.1. The monoisotopic (exact) mass is 867 g/mol. The van der Waals surface area contributed by atoms with E-state index in [9.17, 15) is 0 Å². The van der Waals surface area contributed by atoms with Crippen LogP contribution in [0.25, 0.3) is 65.6 Å². The van der Waals surface area contributed by atoms with Crippen LogP contribution in [0, 0.1) is 0 Å². The molecule has 4 aromatic heterocycles. The number of aromatic nitrogens is 2. The minimum absolute atomic E-state index is 0.00127. The van der Waals surface area contributed by atoms with Crippen molar-refractivity contribution in [3.8, 4) is 5.69 Å². The fraction of sp³-hybridized carbons (Fsp3) is 0.333. The SMILES string of the molecule is CC(C)(C)c1ccc(N2c3ccc(C(C)(C)C)cc3B3c4c2c2c5cc(C(C)(C)C)ccc5n5c6cscc6c(c4-n4c6ccc(C(C)(C)C)cc6c6cc(C(C)(C)C)cc3c64)c25)cc1. The highest BCUT2D eigenvalue weighted by Gasteiger charge is 2.46. The quantitative estimate of drug-likeness (QED) is 0.150. The lowest BCUT2D eigenvalue weighted by Gasteiger charge is -2.42. The predicted molar refractivity (Wildman–Crippen MR) is 286 cm³/mol. The fourth-order valence-electron chi connectivity index (χ4n) is 11.6. The van der Waals surface area contributed by atoms with Gasteiger partial charge in [0, 0.05) is 60.0 Å². The van der Waals surface area contributed by atoms with Crippen LogP contribution in [0.15, 0.2) is 102 Å². The summed E-state index contributed by atoms with van der Waals surface area (Å²) in [5.41, 5.74) is 22.7. The van der Waals surface area contributed by atoms with Crippen LogP contribution < -0.4 is 21.3 Å². The summed E-state index contributed by atoms with van der Waals surface area (Å²) in [5, 5.41) is 12.9. The molecule has 0 bridgehead atoms. The number of thiophene rings is 1. The summed E-state index contributed by atoms with van der Waals surface area (Å²) in [6.45, 7) is 35.4. The van der Waals surface area contributed by atoms with Crippen LogP contribution in [-0.4, -0.2) is 15.7 Å². The van der Waals surface area contributed by atoms with Crippen molar-refractivity contribution >= 4 is 111 Å². The molecular weight excluding hydrogens is 806 g/mol. The first-order valence-electron chi connectivity index (χ1n) is 23.9. The third-order valence-corrected chi connectivity index (χ3v) is 16.0. The first-order valence-corrected chi connectivity index (χ1v) is 24.8. The Morgan fingerprint density at radius 3 is 1.57 bits per heavy atom. The Morgan fingerprint density at radius 1 is 0.415 bits per heavy atom. The summed E-state index contributed by atoms with van der Waals surface area (Å²) in [6, 6.07) is 36.9. The molecule has 0 saturated heterocycles. The Labute approximate surface area is 389 Å². The summed E-state index contributed by atoms with van der Waals surface area (Å²) in [4.78, 5) is 2.68. The number of fused-ring (bicyclic) bond motifs is 15. The molecular formula is C60H62BN3S. The number of hydrogen-bond acceptors (Lipinski definition) is 2. The van der Waals surface area contributed by atoms with Crippen molar-refractivity contribution in [2.24, 2.45) is 0 Å². The van der Waals surface area contributed by atoms with Crippen LogP contribution in [-0.2, 0) is 27.1 Å². The van der Waals surface area contributed by atoms with Crippen LogP contribution in [0.1, 0.15) is 132 Å². The Balaban J connectivity index is 1.38. The van der Waals surface area contributed by atoms with Gasteiger partial charge in [-0.15, -0.1) is 11.3 Å². The van der Waals surface area contributed by atoms with E-state index in [4.69, 9.17) is 0 Å². The lowest BCUT2D eigenvalue weighted by Crippen LogP contribution is -2.61. The molecule has 2 aliphatic heterocycles. The van der Waals surface area contributed by atoms with Crippen LogP contribution >= 0.6 is 11.3 Å². The molecule has 6 heterocycles. The van der Waals surface area contributed by atoms with Gasteiger partial charge in [0.2, 0.25) is 0 Å². The van der Waals surface area contributed by atoms with Crippen LogP contribution in [0.5, 0.6) is 0 Å². The Hall–Kier alpha value is -5.52. The van der Waals surface area contributed by atoms with Crippen molar-refractivity contribution in [3.05, 3.63) is 130 Å². The number of rotatable bonds is 1. The van der Waals surface area contributed by atoms with Crippen LogP contribution in [0.2, 0.25) is 0 Å². The Bertz CT molecular complexity index is 3670. The molecule has 2 aliphatic rings. The third-order valence-electron chi connectivity index (χ3n) is 15.3. The van der Waals surface area contributed by atoms with Gasteiger partial charge in [0.15, 0.2) is 0 Å². The fourth-order valence-corrected chi connectivity index (χ4v) is 12.4. The van der Waals surface area contributed by atoms with Gasteiger partial charge in [-0.05, 0) is 120 Å². The highest BCUT2D eigenvalue weighted by Crippen LogP contribution is 2.53. The summed E-state index contributed by atoms with van der Waals surface area (Å²) in [5.74, 6) is 0. The van der Waals surface area contributed by atoms with E-state index in [2.05, 4.69) is 219 Å². The van der Waals surface area contributed by atoms with Crippen LogP contribution in [0.3, 0.4) is 0 Å². The highest BCUT2D eigenvalue weighted by molar-refractivity contribution is 7.09. The molecule has 0 atom stereocenters. The molecule has 0 saturated carbocycles. The average molecular weight is 868 g/mol. The first-order chi connectivity index (χ1) is 30.4. The van der Waals surface area contributed by atoms with E-state index < -0.39 is 0 Å². The lowest BCUT2D eigenvalue weighted by atomic mass is 9.33. The second kappa shape index (κ2) is 12.7. The standard InChI is InChI=1S/C60H62BN3S/c1-56(2,3)33-16-21-38(22-17-33)62-47-25-20-36(59(10,11)12)29-43(47)61-44-30-37(60(13,14)15)28-40-39-26-34(57(4,5)6)18-23-45(39)64(52(40)44)55-50-42-31-65-32-48(42)63-46-24-19-35(58(7,8)9)27-41(46)49(53(50)63)54(62)51(55)61/h16-32H,1-15H3. The molecule has 5 heteroatoms. The van der Waals surface area contributed by atoms with Crippen LogP contribution in [0.4, 0.5) is 17.1 Å². The molecule has 6 aromatic carbocycles. The first kappa shape index (κ1) is 41.0. The zero-order chi connectivity index (χ0) is 45.8. The maximum Gasteiger partial charge on any atom is 0.252 e. The number of anilines is 3. The Morgan fingerprint density at radius 2 is 0.938 bits per heavy atom. The molecule has 0 radical (unpaired) electrons. The van der Waals surface area contributed by atoms with Gasteiger partial charge >= 0.3 is 0 Å². The van der Waals surface area contributed by atoms with E-state index >= 15 is 0 Å². The molecule has 12 rings (SSSR count). The number of hydrogen-bond donors (Lipinski definition) is 0. The molecule has 10 aromatic rings. The van der Waals surface area contributed by atoms with E-state index in [1.165, 1.54) is 127 Å². The van der Waals surface area contributed by atoms with Crippen molar-refractivity contribution in [1.29, 1.82) is 0 Å². The molecule has 0 amide bonds. The second-order valence-corrected chi connectivity index (χ2v) is 25.6. The van der Waals surface area contributed by atoms with E-state index in [1.807, 2.05) is 11.3 Å². The van der Waals surface area contributed by atoms with Gasteiger partial charge in [-0.3, -0.25) is 0 Å². The summed E-state index contributed by atoms with van der Waals surface area (Å²) in [7, 11) is 0. The minimum atomic E-state index is -0.0597. The van der Waals surface area contributed by atoms with Gasteiger partial charge < -0.3 is 13.9 Å². The van der Waals surface area contributed by atoms with E-state index in [1.54, 1.807) is 0 Å². The summed E-state index contributed by atoms with van der Waals surface area (Å²) < 4.78 is 5.36. The van der Waals surface area contributed by atoms with Gasteiger partial charge in [0.1, 0.15) is 0 Å². The summed E-state index contributed by atoms with van der Waals surface area (Å²) >= 11 is 1.83. The van der Waals surface area contributed by atoms with E-state index in [-0.39, 0.29) is 33.8 Å². The molecule has 0 N–H and O–H groups in total. The molecule has 0 aliphatic carbocycles. The van der Waals surface area contributed by atoms with Crippen molar-refractivity contribution in [2.75, 3.05) is 4.90 Å². The van der Waals surface area contributed by atoms with Crippen molar-refractivity contribution in [3.63, 3.8) is 0 Å². The third kappa shape index (κ3) is 5.54. The molecule has 326 valence electrons. The van der Waals surface area contributed by atoms with E-state index in [0.29, 0.717) is 0 Å². The molecule has 0 fully saturated rings. The molecule has 0 unspecified atom stereocenters. The number of nitrogens with zero attached hydrogens (tertiary/aromatic N) is 3. The molecule has 3 nitrogen and oxygen atoms in total. The maximum absolute atomic E-state index is 2.73. The van der Waals surface area contributed by atoms with Crippen molar-refractivity contribution in [2.45, 2.75) is 131 Å². The van der Waals surface area contributed by atoms with Crippen molar-refractivity contribution in [1.82, 2.24) is 8.97 Å².